The van der Waals surface area contributed by atoms with E-state index < -0.39 is 12.7 Å². The van der Waals surface area contributed by atoms with Crippen LogP contribution in [-0.4, -0.2) is 35.5 Å². The summed E-state index contributed by atoms with van der Waals surface area (Å²) in [6.07, 6.45) is -3.35. The Morgan fingerprint density at radius 3 is 2.53 bits per heavy atom. The molecule has 0 saturated carbocycles. The molecule has 0 unspecified atom stereocenters. The first-order valence-electron chi connectivity index (χ1n) is 6.20. The number of rotatable bonds is 7. The molecular weight excluding hydrogens is 261 g/mol. The standard InChI is InChI=1S/C11H19F3N4O/c1-4-5-15-6-9-16-17-10(19-9)18(8(2)3)7-11(12,13)14/h8,15H,4-7H2,1-3H3. The quantitative estimate of drug-likeness (QED) is 0.777. The molecular formula is C11H19F3N4O. The van der Waals surface area contributed by atoms with Crippen molar-refractivity contribution in [3.8, 4) is 0 Å². The predicted molar refractivity (Wildman–Crippen MR) is 64.8 cm³/mol. The van der Waals surface area contributed by atoms with E-state index >= 15 is 0 Å². The first kappa shape index (κ1) is 15.7. The van der Waals surface area contributed by atoms with Gasteiger partial charge in [-0.05, 0) is 26.8 Å². The van der Waals surface area contributed by atoms with Crippen LogP contribution in [0.2, 0.25) is 0 Å². The lowest BCUT2D eigenvalue weighted by Crippen LogP contribution is -2.39. The Kier molecular flexibility index (Phi) is 5.59. The first-order valence-corrected chi connectivity index (χ1v) is 6.20. The van der Waals surface area contributed by atoms with Crippen LogP contribution in [0.3, 0.4) is 0 Å². The minimum absolute atomic E-state index is 0.0966. The number of nitrogens with one attached hydrogen (secondary N) is 1. The number of nitrogens with zero attached hydrogens (tertiary/aromatic N) is 3. The molecule has 19 heavy (non-hydrogen) atoms. The molecule has 1 rings (SSSR count). The molecule has 0 atom stereocenters. The second-order valence-corrected chi connectivity index (χ2v) is 4.49. The van der Waals surface area contributed by atoms with Crippen LogP contribution in [0, 0.1) is 0 Å². The zero-order chi connectivity index (χ0) is 14.5. The number of alkyl halides is 3. The number of hydrogen-bond donors (Lipinski definition) is 1. The lowest BCUT2D eigenvalue weighted by Gasteiger charge is -2.25. The fourth-order valence-electron chi connectivity index (χ4n) is 1.47. The van der Waals surface area contributed by atoms with Gasteiger partial charge in [-0.3, -0.25) is 0 Å². The van der Waals surface area contributed by atoms with E-state index in [1.54, 1.807) is 13.8 Å². The highest BCUT2D eigenvalue weighted by Gasteiger charge is 2.34. The largest absolute Gasteiger partial charge is 0.407 e. The molecule has 1 aromatic rings. The fourth-order valence-corrected chi connectivity index (χ4v) is 1.47. The van der Waals surface area contributed by atoms with Crippen LogP contribution in [0.25, 0.3) is 0 Å². The molecule has 1 aromatic heterocycles. The van der Waals surface area contributed by atoms with Gasteiger partial charge in [0.1, 0.15) is 6.54 Å². The van der Waals surface area contributed by atoms with Crippen molar-refractivity contribution in [2.45, 2.75) is 46.0 Å². The summed E-state index contributed by atoms with van der Waals surface area (Å²) >= 11 is 0. The van der Waals surface area contributed by atoms with Gasteiger partial charge in [0.2, 0.25) is 5.89 Å². The van der Waals surface area contributed by atoms with Crippen LogP contribution in [0.5, 0.6) is 0 Å². The lowest BCUT2D eigenvalue weighted by molar-refractivity contribution is -0.121. The number of aromatic nitrogens is 2. The van der Waals surface area contributed by atoms with Crippen molar-refractivity contribution >= 4 is 6.01 Å². The minimum Gasteiger partial charge on any atom is -0.407 e. The van der Waals surface area contributed by atoms with Crippen molar-refractivity contribution in [2.75, 3.05) is 18.0 Å². The van der Waals surface area contributed by atoms with E-state index in [1.165, 1.54) is 0 Å². The molecule has 0 aromatic carbocycles. The van der Waals surface area contributed by atoms with Gasteiger partial charge in [-0.1, -0.05) is 12.0 Å². The van der Waals surface area contributed by atoms with Crippen molar-refractivity contribution in [3.63, 3.8) is 0 Å². The van der Waals surface area contributed by atoms with E-state index in [4.69, 9.17) is 4.42 Å². The number of hydrogen-bond acceptors (Lipinski definition) is 5. The Morgan fingerprint density at radius 1 is 1.32 bits per heavy atom. The maximum Gasteiger partial charge on any atom is 0.406 e. The Balaban J connectivity index is 2.69. The molecule has 1 heterocycles. The van der Waals surface area contributed by atoms with Gasteiger partial charge >= 0.3 is 12.2 Å². The van der Waals surface area contributed by atoms with Crippen LogP contribution in [0.1, 0.15) is 33.1 Å². The molecule has 0 aliphatic rings. The Hall–Kier alpha value is -1.31. The molecule has 8 heteroatoms. The summed E-state index contributed by atoms with van der Waals surface area (Å²) in [5, 5.41) is 10.4. The van der Waals surface area contributed by atoms with Gasteiger partial charge in [-0.25, -0.2) is 0 Å². The van der Waals surface area contributed by atoms with Gasteiger partial charge in [0.15, 0.2) is 0 Å². The molecule has 110 valence electrons. The zero-order valence-electron chi connectivity index (χ0n) is 11.3. The lowest BCUT2D eigenvalue weighted by atomic mass is 10.3. The monoisotopic (exact) mass is 280 g/mol. The molecule has 0 radical (unpaired) electrons. The molecule has 0 aliphatic heterocycles. The summed E-state index contributed by atoms with van der Waals surface area (Å²) in [4.78, 5) is 1.04. The summed E-state index contributed by atoms with van der Waals surface area (Å²) in [7, 11) is 0. The fraction of sp³-hybridized carbons (Fsp3) is 0.818. The van der Waals surface area contributed by atoms with Crippen LogP contribution >= 0.6 is 0 Å². The van der Waals surface area contributed by atoms with E-state index in [-0.39, 0.29) is 17.9 Å². The van der Waals surface area contributed by atoms with Crippen molar-refractivity contribution in [2.24, 2.45) is 0 Å². The van der Waals surface area contributed by atoms with Gasteiger partial charge in [0, 0.05) is 6.04 Å². The second kappa shape index (κ2) is 6.74. The van der Waals surface area contributed by atoms with Gasteiger partial charge in [-0.15, -0.1) is 5.10 Å². The molecule has 0 saturated heterocycles. The van der Waals surface area contributed by atoms with E-state index in [2.05, 4.69) is 15.5 Å². The van der Waals surface area contributed by atoms with Crippen LogP contribution in [0.15, 0.2) is 4.42 Å². The Bertz CT molecular complexity index is 378. The van der Waals surface area contributed by atoms with Gasteiger partial charge in [0.25, 0.3) is 0 Å². The van der Waals surface area contributed by atoms with Crippen LogP contribution in [0.4, 0.5) is 19.2 Å². The Morgan fingerprint density at radius 2 is 2.00 bits per heavy atom. The average Bonchev–Trinajstić information content (AvgIpc) is 2.73. The van der Waals surface area contributed by atoms with Crippen LogP contribution in [-0.2, 0) is 6.54 Å². The first-order chi connectivity index (χ1) is 8.83. The van der Waals surface area contributed by atoms with Crippen molar-refractivity contribution in [1.29, 1.82) is 0 Å². The summed E-state index contributed by atoms with van der Waals surface area (Å²) in [6, 6.07) is -0.473. The zero-order valence-corrected chi connectivity index (χ0v) is 11.3. The normalized spacial score (nSPS) is 12.2. The molecule has 5 nitrogen and oxygen atoms in total. The van der Waals surface area contributed by atoms with Crippen molar-refractivity contribution in [3.05, 3.63) is 5.89 Å². The van der Waals surface area contributed by atoms with Crippen molar-refractivity contribution in [1.82, 2.24) is 15.5 Å². The molecule has 1 N–H and O–H groups in total. The Labute approximate surface area is 110 Å². The van der Waals surface area contributed by atoms with Crippen LogP contribution < -0.4 is 10.2 Å². The second-order valence-electron chi connectivity index (χ2n) is 4.49. The third kappa shape index (κ3) is 5.46. The third-order valence-corrected chi connectivity index (χ3v) is 2.38. The highest BCUT2D eigenvalue weighted by atomic mass is 19.4. The molecule has 0 amide bonds. The molecule has 0 bridgehead atoms. The molecule has 0 spiro atoms. The van der Waals surface area contributed by atoms with E-state index in [0.29, 0.717) is 6.54 Å². The summed E-state index contributed by atoms with van der Waals surface area (Å²) in [6.45, 7) is 5.34. The summed E-state index contributed by atoms with van der Waals surface area (Å²) in [5.74, 6) is 0.288. The molecule has 0 fully saturated rings. The van der Waals surface area contributed by atoms with E-state index in [9.17, 15) is 13.2 Å². The smallest absolute Gasteiger partial charge is 0.406 e. The number of anilines is 1. The SMILES string of the molecule is CCCNCc1nnc(N(CC(F)(F)F)C(C)C)o1. The number of halogens is 3. The minimum atomic E-state index is -4.31. The predicted octanol–water partition coefficient (Wildman–Crippen LogP) is 2.35. The highest BCUT2D eigenvalue weighted by molar-refractivity contribution is 5.26. The summed E-state index contributed by atoms with van der Waals surface area (Å²) in [5.41, 5.74) is 0. The highest BCUT2D eigenvalue weighted by Crippen LogP contribution is 2.23. The third-order valence-electron chi connectivity index (χ3n) is 2.38. The van der Waals surface area contributed by atoms with Crippen molar-refractivity contribution < 1.29 is 17.6 Å². The average molecular weight is 280 g/mol. The maximum absolute atomic E-state index is 12.5. The van der Waals surface area contributed by atoms with Gasteiger partial charge < -0.3 is 14.6 Å². The van der Waals surface area contributed by atoms with E-state index in [1.807, 2.05) is 6.92 Å². The summed E-state index contributed by atoms with van der Waals surface area (Å²) < 4.78 is 42.6. The maximum atomic E-state index is 12.5. The van der Waals surface area contributed by atoms with E-state index in [0.717, 1.165) is 17.9 Å². The topological polar surface area (TPSA) is 54.2 Å². The van der Waals surface area contributed by atoms with Gasteiger partial charge in [-0.2, -0.15) is 13.2 Å². The van der Waals surface area contributed by atoms with Gasteiger partial charge in [0.05, 0.1) is 6.54 Å². The molecule has 0 aliphatic carbocycles.